The van der Waals surface area contributed by atoms with Crippen LogP contribution in [-0.4, -0.2) is 17.1 Å². The highest BCUT2D eigenvalue weighted by atomic mass is 16.3. The van der Waals surface area contributed by atoms with Gasteiger partial charge in [0.25, 0.3) is 0 Å². The minimum atomic E-state index is -0.964. The lowest BCUT2D eigenvalue weighted by molar-refractivity contribution is -0.129. The Morgan fingerprint density at radius 2 is 1.69 bits per heavy atom. The normalized spacial score (nSPS) is 14.3. The molecule has 3 nitrogen and oxygen atoms in total. The monoisotopic (exact) mass is 221 g/mol. The number of aliphatic hydroxyl groups is 1. The maximum atomic E-state index is 11.3. The molecule has 88 valence electrons. The zero-order chi connectivity index (χ0) is 12.3. The third-order valence-corrected chi connectivity index (χ3v) is 2.48. The fourth-order valence-corrected chi connectivity index (χ4v) is 1.68. The summed E-state index contributed by atoms with van der Waals surface area (Å²) in [5.74, 6) is -0.341. The van der Waals surface area contributed by atoms with Crippen molar-refractivity contribution in [3.63, 3.8) is 0 Å². The zero-order valence-corrected chi connectivity index (χ0v) is 10.2. The van der Waals surface area contributed by atoms with Crippen LogP contribution in [0.25, 0.3) is 0 Å². The molecule has 0 aliphatic rings. The van der Waals surface area contributed by atoms with Gasteiger partial charge in [0.15, 0.2) is 0 Å². The first-order chi connectivity index (χ1) is 7.40. The third kappa shape index (κ3) is 3.35. The fraction of sp³-hybridized carbons (Fsp3) is 0.462. The SMILES string of the molecule is Cc1cc(C)cc(C(C)NC(=O)C(C)O)c1. The smallest absolute Gasteiger partial charge is 0.249 e. The maximum absolute atomic E-state index is 11.3. The summed E-state index contributed by atoms with van der Waals surface area (Å²) >= 11 is 0. The van der Waals surface area contributed by atoms with Crippen molar-refractivity contribution in [1.29, 1.82) is 0 Å². The molecule has 0 aromatic heterocycles. The van der Waals surface area contributed by atoms with Gasteiger partial charge in [0.05, 0.1) is 6.04 Å². The number of aryl methyl sites for hydroxylation is 2. The van der Waals surface area contributed by atoms with Crippen LogP contribution in [0, 0.1) is 13.8 Å². The van der Waals surface area contributed by atoms with Crippen molar-refractivity contribution in [2.75, 3.05) is 0 Å². The number of benzene rings is 1. The molecule has 2 N–H and O–H groups in total. The summed E-state index contributed by atoms with van der Waals surface area (Å²) in [6.07, 6.45) is -0.964. The van der Waals surface area contributed by atoms with Gasteiger partial charge in [-0.05, 0) is 33.3 Å². The van der Waals surface area contributed by atoms with E-state index in [1.165, 1.54) is 18.1 Å². The van der Waals surface area contributed by atoms with Crippen molar-refractivity contribution in [2.45, 2.75) is 39.8 Å². The Bertz CT molecular complexity index is 365. The van der Waals surface area contributed by atoms with Gasteiger partial charge in [-0.25, -0.2) is 0 Å². The molecule has 0 aliphatic heterocycles. The molecule has 1 aromatic carbocycles. The van der Waals surface area contributed by atoms with Crippen LogP contribution in [-0.2, 0) is 4.79 Å². The van der Waals surface area contributed by atoms with Crippen LogP contribution >= 0.6 is 0 Å². The Morgan fingerprint density at radius 1 is 1.19 bits per heavy atom. The molecule has 0 spiro atoms. The van der Waals surface area contributed by atoms with Crippen LogP contribution in [0.15, 0.2) is 18.2 Å². The summed E-state index contributed by atoms with van der Waals surface area (Å²) in [6.45, 7) is 7.43. The van der Waals surface area contributed by atoms with E-state index < -0.39 is 6.10 Å². The van der Waals surface area contributed by atoms with Crippen LogP contribution < -0.4 is 5.32 Å². The molecule has 0 bridgehead atoms. The van der Waals surface area contributed by atoms with E-state index in [1.807, 2.05) is 32.9 Å². The summed E-state index contributed by atoms with van der Waals surface area (Å²) in [5, 5.41) is 11.9. The highest BCUT2D eigenvalue weighted by Gasteiger charge is 2.13. The first-order valence-corrected chi connectivity index (χ1v) is 5.47. The van der Waals surface area contributed by atoms with Gasteiger partial charge in [-0.15, -0.1) is 0 Å². The molecule has 0 aliphatic carbocycles. The van der Waals surface area contributed by atoms with E-state index in [-0.39, 0.29) is 11.9 Å². The standard InChI is InChI=1S/C13H19NO2/c1-8-5-9(2)7-12(6-8)10(3)14-13(16)11(4)15/h5-7,10-11,15H,1-4H3,(H,14,16). The topological polar surface area (TPSA) is 49.3 Å². The van der Waals surface area contributed by atoms with Gasteiger partial charge in [-0.2, -0.15) is 0 Å². The molecule has 0 saturated heterocycles. The van der Waals surface area contributed by atoms with Crippen LogP contribution in [0.2, 0.25) is 0 Å². The van der Waals surface area contributed by atoms with Crippen LogP contribution in [0.5, 0.6) is 0 Å². The van der Waals surface area contributed by atoms with Gasteiger partial charge < -0.3 is 10.4 Å². The van der Waals surface area contributed by atoms with E-state index in [0.29, 0.717) is 0 Å². The van der Waals surface area contributed by atoms with Crippen LogP contribution in [0.3, 0.4) is 0 Å². The van der Waals surface area contributed by atoms with Gasteiger partial charge in [-0.1, -0.05) is 29.3 Å². The van der Waals surface area contributed by atoms with Crippen molar-refractivity contribution < 1.29 is 9.90 Å². The molecular formula is C13H19NO2. The average Bonchev–Trinajstić information content (AvgIpc) is 2.15. The van der Waals surface area contributed by atoms with Crippen molar-refractivity contribution in [3.05, 3.63) is 34.9 Å². The number of aliphatic hydroxyl groups excluding tert-OH is 1. The maximum Gasteiger partial charge on any atom is 0.249 e. The molecule has 1 amide bonds. The van der Waals surface area contributed by atoms with E-state index in [1.54, 1.807) is 0 Å². The second-order valence-corrected chi connectivity index (χ2v) is 4.33. The molecule has 1 rings (SSSR count). The predicted molar refractivity (Wildman–Crippen MR) is 64.2 cm³/mol. The van der Waals surface area contributed by atoms with Crippen LogP contribution in [0.1, 0.15) is 36.6 Å². The lowest BCUT2D eigenvalue weighted by Gasteiger charge is -2.16. The molecule has 3 heteroatoms. The fourth-order valence-electron chi connectivity index (χ4n) is 1.68. The van der Waals surface area contributed by atoms with E-state index in [0.717, 1.165) is 5.56 Å². The number of amides is 1. The van der Waals surface area contributed by atoms with Gasteiger partial charge in [-0.3, -0.25) is 4.79 Å². The van der Waals surface area contributed by atoms with Gasteiger partial charge in [0.2, 0.25) is 5.91 Å². The average molecular weight is 221 g/mol. The van der Waals surface area contributed by atoms with E-state index in [2.05, 4.69) is 11.4 Å². The van der Waals surface area contributed by atoms with Gasteiger partial charge >= 0.3 is 0 Å². The van der Waals surface area contributed by atoms with Crippen molar-refractivity contribution in [3.8, 4) is 0 Å². The Morgan fingerprint density at radius 3 is 2.12 bits per heavy atom. The molecule has 16 heavy (non-hydrogen) atoms. The number of carbonyl (C=O) groups is 1. The Kier molecular flexibility index (Phi) is 4.07. The van der Waals surface area contributed by atoms with Gasteiger partial charge in [0.1, 0.15) is 6.10 Å². The van der Waals surface area contributed by atoms with Crippen LogP contribution in [0.4, 0.5) is 0 Å². The summed E-state index contributed by atoms with van der Waals surface area (Å²) in [5.41, 5.74) is 3.41. The largest absolute Gasteiger partial charge is 0.384 e. The number of nitrogens with one attached hydrogen (secondary N) is 1. The second kappa shape index (κ2) is 5.12. The summed E-state index contributed by atoms with van der Waals surface area (Å²) in [7, 11) is 0. The third-order valence-electron chi connectivity index (χ3n) is 2.48. The number of carbonyl (C=O) groups excluding carboxylic acids is 1. The number of rotatable bonds is 3. The summed E-state index contributed by atoms with van der Waals surface area (Å²) in [4.78, 5) is 11.3. The number of hydrogen-bond acceptors (Lipinski definition) is 2. The minimum absolute atomic E-state index is 0.0827. The number of hydrogen-bond donors (Lipinski definition) is 2. The van der Waals surface area contributed by atoms with Crippen molar-refractivity contribution in [2.24, 2.45) is 0 Å². The first kappa shape index (κ1) is 12.7. The first-order valence-electron chi connectivity index (χ1n) is 5.47. The molecule has 2 atom stereocenters. The summed E-state index contributed by atoms with van der Waals surface area (Å²) in [6, 6.07) is 6.09. The van der Waals surface area contributed by atoms with Gasteiger partial charge in [0, 0.05) is 0 Å². The lowest BCUT2D eigenvalue weighted by atomic mass is 10.0. The van der Waals surface area contributed by atoms with E-state index >= 15 is 0 Å². The summed E-state index contributed by atoms with van der Waals surface area (Å²) < 4.78 is 0. The quantitative estimate of drug-likeness (QED) is 0.818. The van der Waals surface area contributed by atoms with Crippen molar-refractivity contribution >= 4 is 5.91 Å². The lowest BCUT2D eigenvalue weighted by Crippen LogP contribution is -2.34. The minimum Gasteiger partial charge on any atom is -0.384 e. The molecule has 2 unspecified atom stereocenters. The molecular weight excluding hydrogens is 202 g/mol. The Hall–Kier alpha value is -1.35. The molecule has 0 radical (unpaired) electrons. The molecule has 0 heterocycles. The zero-order valence-electron chi connectivity index (χ0n) is 10.2. The highest BCUT2D eigenvalue weighted by Crippen LogP contribution is 2.16. The highest BCUT2D eigenvalue weighted by molar-refractivity contribution is 5.80. The van der Waals surface area contributed by atoms with Crippen molar-refractivity contribution in [1.82, 2.24) is 5.32 Å². The molecule has 0 fully saturated rings. The molecule has 1 aromatic rings. The Balaban J connectivity index is 2.80. The van der Waals surface area contributed by atoms with E-state index in [9.17, 15) is 4.79 Å². The Labute approximate surface area is 96.5 Å². The molecule has 0 saturated carbocycles. The predicted octanol–water partition coefficient (Wildman–Crippen LogP) is 1.86. The second-order valence-electron chi connectivity index (χ2n) is 4.33. The van der Waals surface area contributed by atoms with E-state index in [4.69, 9.17) is 5.11 Å².